The molecule has 6 rings (SSSR count). The molecular formula is C33H34ClN5O2S. The van der Waals surface area contributed by atoms with Crippen LogP contribution in [0.1, 0.15) is 64.9 Å². The van der Waals surface area contributed by atoms with Crippen molar-refractivity contribution in [1.29, 1.82) is 0 Å². The minimum Gasteiger partial charge on any atom is -0.478 e. The predicted molar refractivity (Wildman–Crippen MR) is 172 cm³/mol. The third kappa shape index (κ3) is 5.14. The summed E-state index contributed by atoms with van der Waals surface area (Å²) in [5.74, 6) is -0.215. The molecule has 0 unspecified atom stereocenters. The first-order valence-electron chi connectivity index (χ1n) is 14.3. The molecule has 4 aromatic rings. The van der Waals surface area contributed by atoms with Gasteiger partial charge in [-0.3, -0.25) is 4.98 Å². The van der Waals surface area contributed by atoms with Gasteiger partial charge < -0.3 is 24.8 Å². The fraction of sp³-hybridized carbons (Fsp3) is 0.303. The number of anilines is 2. The van der Waals surface area contributed by atoms with Crippen LogP contribution < -0.4 is 15.1 Å². The number of rotatable bonds is 6. The summed E-state index contributed by atoms with van der Waals surface area (Å²) in [6.45, 7) is 8.42. The van der Waals surface area contributed by atoms with Gasteiger partial charge >= 0.3 is 5.97 Å². The summed E-state index contributed by atoms with van der Waals surface area (Å²) in [4.78, 5) is 20.9. The highest BCUT2D eigenvalue weighted by Gasteiger charge is 2.42. The zero-order valence-corrected chi connectivity index (χ0v) is 25.5. The van der Waals surface area contributed by atoms with E-state index in [0.29, 0.717) is 10.1 Å². The second-order valence-electron chi connectivity index (χ2n) is 11.3. The molecule has 2 saturated heterocycles. The van der Waals surface area contributed by atoms with Gasteiger partial charge in [0.05, 0.1) is 34.1 Å². The van der Waals surface area contributed by atoms with E-state index in [0.717, 1.165) is 71.6 Å². The van der Waals surface area contributed by atoms with Crippen LogP contribution in [0.2, 0.25) is 5.02 Å². The number of thiocarbonyl (C=S) groups is 1. The molecule has 216 valence electrons. The minimum atomic E-state index is -0.953. The zero-order valence-electron chi connectivity index (χ0n) is 23.9. The molecule has 0 spiro atoms. The van der Waals surface area contributed by atoms with Crippen LogP contribution in [-0.4, -0.2) is 38.8 Å². The summed E-state index contributed by atoms with van der Waals surface area (Å²) in [5, 5.41) is 14.5. The van der Waals surface area contributed by atoms with E-state index in [1.54, 1.807) is 24.4 Å². The number of piperidine rings is 1. The molecule has 0 amide bonds. The SMILES string of the molecule is Cc1cc([C@H]2[C@@H](c3ccccn3)NC(=S)N2c2ccc(N3CCC(C)CC3)c(Cl)c2)c(C)n1-c1cccc(C(=O)O)c1. The number of hydrogen-bond acceptors (Lipinski definition) is 4. The molecule has 0 aliphatic carbocycles. The number of carboxylic acid groups (broad SMARTS) is 1. The molecule has 0 radical (unpaired) electrons. The van der Waals surface area contributed by atoms with Crippen molar-refractivity contribution >= 4 is 46.3 Å². The van der Waals surface area contributed by atoms with E-state index < -0.39 is 5.97 Å². The lowest BCUT2D eigenvalue weighted by molar-refractivity contribution is 0.0697. The number of hydrogen-bond donors (Lipinski definition) is 2. The fourth-order valence-corrected chi connectivity index (χ4v) is 7.00. The number of aromatic nitrogens is 2. The number of aromatic carboxylic acids is 1. The van der Waals surface area contributed by atoms with Crippen molar-refractivity contribution < 1.29 is 9.90 Å². The van der Waals surface area contributed by atoms with E-state index >= 15 is 0 Å². The molecule has 2 N–H and O–H groups in total. The van der Waals surface area contributed by atoms with Gasteiger partial charge in [-0.05, 0) is 105 Å². The molecule has 0 saturated carbocycles. The van der Waals surface area contributed by atoms with E-state index in [4.69, 9.17) is 28.8 Å². The van der Waals surface area contributed by atoms with Crippen molar-refractivity contribution in [2.75, 3.05) is 22.9 Å². The van der Waals surface area contributed by atoms with Crippen molar-refractivity contribution in [3.63, 3.8) is 0 Å². The Kier molecular flexibility index (Phi) is 7.68. The van der Waals surface area contributed by atoms with Crippen molar-refractivity contribution in [1.82, 2.24) is 14.9 Å². The summed E-state index contributed by atoms with van der Waals surface area (Å²) in [6.07, 6.45) is 4.12. The van der Waals surface area contributed by atoms with E-state index in [9.17, 15) is 9.90 Å². The maximum atomic E-state index is 11.7. The van der Waals surface area contributed by atoms with Crippen LogP contribution in [0.25, 0.3) is 5.69 Å². The van der Waals surface area contributed by atoms with Crippen molar-refractivity contribution in [2.24, 2.45) is 5.92 Å². The average Bonchev–Trinajstić information content (AvgIpc) is 3.48. The number of benzene rings is 2. The summed E-state index contributed by atoms with van der Waals surface area (Å²) in [5.41, 5.74) is 6.96. The molecule has 7 nitrogen and oxygen atoms in total. The number of nitrogens with zero attached hydrogens (tertiary/aromatic N) is 4. The highest BCUT2D eigenvalue weighted by molar-refractivity contribution is 7.80. The Labute approximate surface area is 256 Å². The number of carboxylic acids is 1. The first-order chi connectivity index (χ1) is 20.2. The first-order valence-corrected chi connectivity index (χ1v) is 15.1. The second kappa shape index (κ2) is 11.4. The highest BCUT2D eigenvalue weighted by atomic mass is 35.5. The summed E-state index contributed by atoms with van der Waals surface area (Å²) >= 11 is 12.9. The summed E-state index contributed by atoms with van der Waals surface area (Å²) in [7, 11) is 0. The Balaban J connectivity index is 1.44. The Morgan fingerprint density at radius 1 is 1.02 bits per heavy atom. The number of pyridine rings is 1. The van der Waals surface area contributed by atoms with Crippen molar-refractivity contribution in [3.05, 3.63) is 106 Å². The third-order valence-electron chi connectivity index (χ3n) is 8.57. The molecule has 9 heteroatoms. The van der Waals surface area contributed by atoms with Gasteiger partial charge in [-0.1, -0.05) is 30.7 Å². The molecule has 2 fully saturated rings. The zero-order chi connectivity index (χ0) is 29.5. The highest BCUT2D eigenvalue weighted by Crippen LogP contribution is 2.45. The lowest BCUT2D eigenvalue weighted by atomic mass is 9.96. The number of carbonyl (C=O) groups is 1. The van der Waals surface area contributed by atoms with E-state index in [-0.39, 0.29) is 17.6 Å². The lowest BCUT2D eigenvalue weighted by Gasteiger charge is -2.33. The van der Waals surface area contributed by atoms with Crippen LogP contribution in [0.4, 0.5) is 11.4 Å². The largest absolute Gasteiger partial charge is 0.478 e. The summed E-state index contributed by atoms with van der Waals surface area (Å²) in [6, 6.07) is 20.9. The van der Waals surface area contributed by atoms with Crippen molar-refractivity contribution in [2.45, 2.75) is 45.7 Å². The quantitative estimate of drug-likeness (QED) is 0.226. The molecule has 42 heavy (non-hydrogen) atoms. The maximum absolute atomic E-state index is 11.7. The molecule has 2 aliphatic heterocycles. The van der Waals surface area contributed by atoms with Crippen LogP contribution in [0.3, 0.4) is 0 Å². The van der Waals surface area contributed by atoms with Gasteiger partial charge in [0.1, 0.15) is 0 Å². The maximum Gasteiger partial charge on any atom is 0.335 e. The molecule has 2 aliphatic rings. The molecular weight excluding hydrogens is 566 g/mol. The van der Waals surface area contributed by atoms with Crippen LogP contribution in [-0.2, 0) is 0 Å². The van der Waals surface area contributed by atoms with E-state index in [1.165, 1.54) is 0 Å². The van der Waals surface area contributed by atoms with Gasteiger partial charge in [0.15, 0.2) is 5.11 Å². The van der Waals surface area contributed by atoms with Crippen LogP contribution in [0.5, 0.6) is 0 Å². The monoisotopic (exact) mass is 599 g/mol. The molecule has 2 aromatic carbocycles. The van der Waals surface area contributed by atoms with Crippen LogP contribution in [0.15, 0.2) is 72.9 Å². The van der Waals surface area contributed by atoms with Gasteiger partial charge in [-0.2, -0.15) is 0 Å². The van der Waals surface area contributed by atoms with Crippen LogP contribution >= 0.6 is 23.8 Å². The topological polar surface area (TPSA) is 73.6 Å². The number of halogens is 1. The first kappa shape index (κ1) is 28.2. The minimum absolute atomic E-state index is 0.208. The van der Waals surface area contributed by atoms with E-state index in [2.05, 4.69) is 51.7 Å². The van der Waals surface area contributed by atoms with Gasteiger partial charge in [-0.15, -0.1) is 0 Å². The van der Waals surface area contributed by atoms with Crippen LogP contribution in [0, 0.1) is 19.8 Å². The molecule has 2 aromatic heterocycles. The van der Waals surface area contributed by atoms with Gasteiger partial charge in [0, 0.05) is 42.0 Å². The Morgan fingerprint density at radius 3 is 2.50 bits per heavy atom. The normalized spacial score (nSPS) is 19.3. The Hall–Kier alpha value is -3.88. The second-order valence-corrected chi connectivity index (χ2v) is 12.1. The number of nitrogens with one attached hydrogen (secondary N) is 1. The lowest BCUT2D eigenvalue weighted by Crippen LogP contribution is -2.33. The van der Waals surface area contributed by atoms with Gasteiger partial charge in [0.2, 0.25) is 0 Å². The van der Waals surface area contributed by atoms with Gasteiger partial charge in [0.25, 0.3) is 0 Å². The molecule has 0 bridgehead atoms. The standard InChI is InChI=1S/C33H34ClN5O2S/c1-20-12-15-37(16-13-20)29-11-10-25(19-27(29)34)39-31(30(36-33(39)42)28-9-4-5-14-35-28)26-17-21(2)38(22(26)3)24-8-6-7-23(18-24)32(40)41/h4-11,14,17-20,30-31H,12-13,15-16H2,1-3H3,(H,36,42)(H,40,41)/t30-,31+/m1/s1. The Morgan fingerprint density at radius 2 is 1.81 bits per heavy atom. The summed E-state index contributed by atoms with van der Waals surface area (Å²) < 4.78 is 2.10. The van der Waals surface area contributed by atoms with Crippen molar-refractivity contribution in [3.8, 4) is 5.69 Å². The predicted octanol–water partition coefficient (Wildman–Crippen LogP) is 7.25. The molecule has 4 heterocycles. The average molecular weight is 600 g/mol. The Bertz CT molecular complexity index is 1650. The molecule has 2 atom stereocenters. The van der Waals surface area contributed by atoms with Gasteiger partial charge in [-0.25, -0.2) is 4.79 Å². The number of aryl methyl sites for hydroxylation is 1. The van der Waals surface area contributed by atoms with E-state index in [1.807, 2.05) is 37.3 Å². The smallest absolute Gasteiger partial charge is 0.335 e. The third-order valence-corrected chi connectivity index (χ3v) is 9.19. The fourth-order valence-electron chi connectivity index (χ4n) is 6.36.